The van der Waals surface area contributed by atoms with Crippen LogP contribution in [0.3, 0.4) is 0 Å². The number of likely N-dealkylation sites (N-methyl/N-ethyl adjacent to an activating group) is 1. The number of nitrogens with zero attached hydrogens (tertiary/aromatic N) is 1. The lowest BCUT2D eigenvalue weighted by Gasteiger charge is -2.44. The molecule has 1 aromatic heterocycles. The van der Waals surface area contributed by atoms with E-state index in [9.17, 15) is 0 Å². The van der Waals surface area contributed by atoms with Crippen LogP contribution in [0.5, 0.6) is 0 Å². The highest BCUT2D eigenvalue weighted by atomic mass is 16.3. The van der Waals surface area contributed by atoms with E-state index in [1.807, 2.05) is 6.92 Å². The highest BCUT2D eigenvalue weighted by molar-refractivity contribution is 5.15. The molecule has 3 heteroatoms. The number of aryl methyl sites for hydroxylation is 1. The van der Waals surface area contributed by atoms with Crippen molar-refractivity contribution < 1.29 is 4.42 Å². The minimum atomic E-state index is 0.210. The van der Waals surface area contributed by atoms with Crippen LogP contribution in [0.25, 0.3) is 0 Å². The molecule has 0 unspecified atom stereocenters. The molecule has 2 N–H and O–H groups in total. The summed E-state index contributed by atoms with van der Waals surface area (Å²) in [5, 5.41) is 0. The van der Waals surface area contributed by atoms with E-state index in [0.29, 0.717) is 0 Å². The summed E-state index contributed by atoms with van der Waals surface area (Å²) in [6.45, 7) is 3.74. The van der Waals surface area contributed by atoms with Crippen molar-refractivity contribution in [3.05, 3.63) is 23.7 Å². The quantitative estimate of drug-likeness (QED) is 0.874. The number of hydrogen-bond acceptors (Lipinski definition) is 3. The van der Waals surface area contributed by atoms with Gasteiger partial charge in [0, 0.05) is 24.2 Å². The Morgan fingerprint density at radius 1 is 1.35 bits per heavy atom. The molecule has 0 radical (unpaired) electrons. The maximum atomic E-state index is 6.04. The molecule has 1 fully saturated rings. The third-order valence-electron chi connectivity index (χ3n) is 4.35. The van der Waals surface area contributed by atoms with Crippen molar-refractivity contribution in [2.24, 2.45) is 5.73 Å². The fourth-order valence-corrected chi connectivity index (χ4v) is 2.95. The fourth-order valence-electron chi connectivity index (χ4n) is 2.95. The predicted octanol–water partition coefficient (Wildman–Crippen LogP) is 2.68. The summed E-state index contributed by atoms with van der Waals surface area (Å²) in [6, 6.07) is 2.07. The second-order valence-corrected chi connectivity index (χ2v) is 5.35. The molecule has 0 bridgehead atoms. The molecule has 0 amide bonds. The lowest BCUT2D eigenvalue weighted by Crippen LogP contribution is -2.52. The van der Waals surface area contributed by atoms with Crippen molar-refractivity contribution in [1.82, 2.24) is 4.90 Å². The van der Waals surface area contributed by atoms with Gasteiger partial charge in [-0.3, -0.25) is 4.90 Å². The lowest BCUT2D eigenvalue weighted by atomic mass is 9.80. The van der Waals surface area contributed by atoms with Gasteiger partial charge in [-0.25, -0.2) is 0 Å². The van der Waals surface area contributed by atoms with Gasteiger partial charge in [-0.2, -0.15) is 0 Å². The Labute approximate surface area is 104 Å². The van der Waals surface area contributed by atoms with Crippen LogP contribution in [0.2, 0.25) is 0 Å². The Kier molecular flexibility index (Phi) is 3.89. The van der Waals surface area contributed by atoms with E-state index in [0.717, 1.165) is 18.8 Å². The van der Waals surface area contributed by atoms with Crippen LogP contribution in [-0.4, -0.2) is 24.0 Å². The molecular weight excluding hydrogens is 212 g/mol. The summed E-state index contributed by atoms with van der Waals surface area (Å²) in [6.07, 6.45) is 8.22. The van der Waals surface area contributed by atoms with E-state index in [-0.39, 0.29) is 5.54 Å². The first-order valence-corrected chi connectivity index (χ1v) is 6.62. The van der Waals surface area contributed by atoms with Gasteiger partial charge in [-0.15, -0.1) is 0 Å². The van der Waals surface area contributed by atoms with Crippen LogP contribution in [-0.2, 0) is 6.54 Å². The van der Waals surface area contributed by atoms with Gasteiger partial charge in [0.25, 0.3) is 0 Å². The first-order chi connectivity index (χ1) is 8.18. The Morgan fingerprint density at radius 3 is 2.59 bits per heavy atom. The van der Waals surface area contributed by atoms with Crippen LogP contribution in [0.15, 0.2) is 16.7 Å². The Hall–Kier alpha value is -0.800. The van der Waals surface area contributed by atoms with Crippen molar-refractivity contribution in [3.63, 3.8) is 0 Å². The Balaban J connectivity index is 2.07. The molecule has 0 saturated heterocycles. The first kappa shape index (κ1) is 12.7. The molecule has 0 spiro atoms. The van der Waals surface area contributed by atoms with Gasteiger partial charge in [0.2, 0.25) is 0 Å². The normalized spacial score (nSPS) is 19.8. The van der Waals surface area contributed by atoms with Gasteiger partial charge < -0.3 is 10.2 Å². The first-order valence-electron chi connectivity index (χ1n) is 6.62. The minimum absolute atomic E-state index is 0.210. The van der Waals surface area contributed by atoms with Crippen LogP contribution < -0.4 is 5.73 Å². The molecule has 0 atom stereocenters. The molecule has 2 rings (SSSR count). The predicted molar refractivity (Wildman–Crippen MR) is 69.8 cm³/mol. The highest BCUT2D eigenvalue weighted by Gasteiger charge is 2.34. The average Bonchev–Trinajstić information content (AvgIpc) is 2.76. The van der Waals surface area contributed by atoms with Crippen molar-refractivity contribution in [1.29, 1.82) is 0 Å². The van der Waals surface area contributed by atoms with E-state index in [4.69, 9.17) is 10.2 Å². The topological polar surface area (TPSA) is 42.4 Å². The second kappa shape index (κ2) is 5.23. The van der Waals surface area contributed by atoms with Crippen molar-refractivity contribution >= 4 is 0 Å². The summed E-state index contributed by atoms with van der Waals surface area (Å²) >= 11 is 0. The number of rotatable bonds is 4. The highest BCUT2D eigenvalue weighted by Crippen LogP contribution is 2.33. The zero-order chi connectivity index (χ0) is 12.3. The van der Waals surface area contributed by atoms with E-state index >= 15 is 0 Å². The molecule has 1 aromatic rings. The van der Waals surface area contributed by atoms with Gasteiger partial charge in [0.1, 0.15) is 5.76 Å². The maximum Gasteiger partial charge on any atom is 0.105 e. The summed E-state index contributed by atoms with van der Waals surface area (Å²) in [4.78, 5) is 2.43. The fraction of sp³-hybridized carbons (Fsp3) is 0.714. The van der Waals surface area contributed by atoms with Gasteiger partial charge in [-0.05, 0) is 32.9 Å². The molecule has 1 aliphatic rings. The molecular formula is C14H24N2O. The number of hydrogen-bond donors (Lipinski definition) is 1. The average molecular weight is 236 g/mol. The van der Waals surface area contributed by atoms with Gasteiger partial charge >= 0.3 is 0 Å². The monoisotopic (exact) mass is 236 g/mol. The minimum Gasteiger partial charge on any atom is -0.469 e. The Morgan fingerprint density at radius 2 is 2.06 bits per heavy atom. The SMILES string of the molecule is Cc1occc1CN(C)C1(CN)CCCCC1. The Bertz CT molecular complexity index is 353. The van der Waals surface area contributed by atoms with Gasteiger partial charge in [-0.1, -0.05) is 19.3 Å². The summed E-state index contributed by atoms with van der Waals surface area (Å²) in [7, 11) is 2.20. The molecule has 0 aliphatic heterocycles. The third-order valence-corrected chi connectivity index (χ3v) is 4.35. The van der Waals surface area contributed by atoms with Crippen molar-refractivity contribution in [2.75, 3.05) is 13.6 Å². The van der Waals surface area contributed by atoms with E-state index < -0.39 is 0 Å². The summed E-state index contributed by atoms with van der Waals surface area (Å²) < 4.78 is 5.36. The largest absolute Gasteiger partial charge is 0.469 e. The van der Waals surface area contributed by atoms with E-state index in [1.54, 1.807) is 6.26 Å². The molecule has 0 aromatic carbocycles. The lowest BCUT2D eigenvalue weighted by molar-refractivity contribution is 0.0754. The molecule has 1 saturated carbocycles. The van der Waals surface area contributed by atoms with Crippen LogP contribution in [0, 0.1) is 6.92 Å². The number of nitrogens with two attached hydrogens (primary N) is 1. The van der Waals surface area contributed by atoms with Crippen LogP contribution in [0.4, 0.5) is 0 Å². The zero-order valence-electron chi connectivity index (χ0n) is 11.0. The van der Waals surface area contributed by atoms with Crippen LogP contribution >= 0.6 is 0 Å². The van der Waals surface area contributed by atoms with Crippen molar-refractivity contribution in [2.45, 2.75) is 51.1 Å². The van der Waals surface area contributed by atoms with Gasteiger partial charge in [0.05, 0.1) is 6.26 Å². The van der Waals surface area contributed by atoms with Crippen LogP contribution in [0.1, 0.15) is 43.4 Å². The zero-order valence-corrected chi connectivity index (χ0v) is 11.0. The second-order valence-electron chi connectivity index (χ2n) is 5.35. The van der Waals surface area contributed by atoms with E-state index in [2.05, 4.69) is 18.0 Å². The third kappa shape index (κ3) is 2.55. The molecule has 17 heavy (non-hydrogen) atoms. The molecule has 1 heterocycles. The van der Waals surface area contributed by atoms with Crippen molar-refractivity contribution in [3.8, 4) is 0 Å². The molecule has 96 valence electrons. The standard InChI is InChI=1S/C14H24N2O/c1-12-13(6-9-17-12)10-16(2)14(11-15)7-4-3-5-8-14/h6,9H,3-5,7-8,10-11,15H2,1-2H3. The summed E-state index contributed by atoms with van der Waals surface area (Å²) in [5.74, 6) is 1.03. The summed E-state index contributed by atoms with van der Waals surface area (Å²) in [5.41, 5.74) is 7.53. The van der Waals surface area contributed by atoms with E-state index in [1.165, 1.54) is 37.7 Å². The van der Waals surface area contributed by atoms with Gasteiger partial charge in [0.15, 0.2) is 0 Å². The smallest absolute Gasteiger partial charge is 0.105 e. The molecule has 3 nitrogen and oxygen atoms in total. The molecule has 1 aliphatic carbocycles. The maximum absolute atomic E-state index is 6.04. The number of furan rings is 1.